The quantitative estimate of drug-likeness (QED) is 0.644. The molecular weight excluding hydrogens is 268 g/mol. The predicted molar refractivity (Wildman–Crippen MR) is 83.9 cm³/mol. The number of fused-ring (bicyclic) bond motifs is 1. The van der Waals surface area contributed by atoms with E-state index in [9.17, 15) is 10.1 Å². The van der Waals surface area contributed by atoms with E-state index in [0.717, 1.165) is 13.0 Å². The van der Waals surface area contributed by atoms with Crippen molar-refractivity contribution in [3.8, 4) is 0 Å². The molecular formula is C15H22N4O2. The molecule has 0 bridgehead atoms. The van der Waals surface area contributed by atoms with Crippen LogP contribution in [0.3, 0.4) is 0 Å². The Labute approximate surface area is 124 Å². The number of anilines is 2. The smallest absolute Gasteiger partial charge is 0.315 e. The second kappa shape index (κ2) is 5.89. The molecule has 0 spiro atoms. The highest BCUT2D eigenvalue weighted by Crippen LogP contribution is 2.36. The highest BCUT2D eigenvalue weighted by Gasteiger charge is 2.38. The lowest BCUT2D eigenvalue weighted by atomic mass is 10.1. The Morgan fingerprint density at radius 3 is 2.90 bits per heavy atom. The van der Waals surface area contributed by atoms with Crippen LogP contribution >= 0.6 is 0 Å². The summed E-state index contributed by atoms with van der Waals surface area (Å²) < 4.78 is 0. The molecule has 1 aromatic carbocycles. The summed E-state index contributed by atoms with van der Waals surface area (Å²) in [4.78, 5) is 13.6. The van der Waals surface area contributed by atoms with Gasteiger partial charge in [0, 0.05) is 25.2 Å². The maximum atomic E-state index is 11.4. The Hall–Kier alpha value is -1.82. The van der Waals surface area contributed by atoms with Crippen molar-refractivity contribution < 1.29 is 4.92 Å². The molecule has 2 aliphatic heterocycles. The molecule has 2 fully saturated rings. The Kier molecular flexibility index (Phi) is 3.96. The maximum Gasteiger partial charge on any atom is 0.315 e. The van der Waals surface area contributed by atoms with Gasteiger partial charge in [0.1, 0.15) is 11.4 Å². The van der Waals surface area contributed by atoms with Crippen molar-refractivity contribution in [3.63, 3.8) is 0 Å². The van der Waals surface area contributed by atoms with Crippen LogP contribution in [0.4, 0.5) is 17.1 Å². The van der Waals surface area contributed by atoms with Gasteiger partial charge in [0.15, 0.2) is 0 Å². The molecule has 2 atom stereocenters. The van der Waals surface area contributed by atoms with Crippen molar-refractivity contribution in [1.82, 2.24) is 4.90 Å². The van der Waals surface area contributed by atoms with Gasteiger partial charge in [0.25, 0.3) is 0 Å². The van der Waals surface area contributed by atoms with E-state index in [1.165, 1.54) is 19.4 Å². The van der Waals surface area contributed by atoms with Crippen LogP contribution in [0.1, 0.15) is 26.2 Å². The van der Waals surface area contributed by atoms with Crippen LogP contribution in [-0.2, 0) is 0 Å². The molecule has 0 aromatic heterocycles. The summed E-state index contributed by atoms with van der Waals surface area (Å²) in [5, 5.41) is 17.9. The molecule has 2 aliphatic rings. The van der Waals surface area contributed by atoms with E-state index in [2.05, 4.69) is 15.5 Å². The molecule has 21 heavy (non-hydrogen) atoms. The Balaban J connectivity index is 1.84. The van der Waals surface area contributed by atoms with E-state index in [-0.39, 0.29) is 10.6 Å². The topological polar surface area (TPSA) is 70.4 Å². The van der Waals surface area contributed by atoms with Gasteiger partial charge in [-0.25, -0.2) is 0 Å². The van der Waals surface area contributed by atoms with Gasteiger partial charge >= 0.3 is 5.69 Å². The highest BCUT2D eigenvalue weighted by atomic mass is 16.6. The molecule has 0 aliphatic carbocycles. The molecule has 2 N–H and O–H groups in total. The summed E-state index contributed by atoms with van der Waals surface area (Å²) in [5.74, 6) is 0. The number of rotatable bonds is 5. The van der Waals surface area contributed by atoms with E-state index < -0.39 is 0 Å². The van der Waals surface area contributed by atoms with Gasteiger partial charge in [-0.15, -0.1) is 0 Å². The molecule has 114 valence electrons. The lowest BCUT2D eigenvalue weighted by molar-refractivity contribution is -0.383. The summed E-state index contributed by atoms with van der Waals surface area (Å²) in [6.45, 7) is 4.88. The van der Waals surface area contributed by atoms with Crippen LogP contribution in [0, 0.1) is 10.1 Å². The molecule has 2 unspecified atom stereocenters. The second-order valence-corrected chi connectivity index (χ2v) is 5.77. The summed E-state index contributed by atoms with van der Waals surface area (Å²) in [5.41, 5.74) is 1.39. The Morgan fingerprint density at radius 1 is 1.33 bits per heavy atom. The fourth-order valence-corrected chi connectivity index (χ4v) is 3.64. The first-order chi connectivity index (χ1) is 10.2. The van der Waals surface area contributed by atoms with E-state index in [4.69, 9.17) is 0 Å². The minimum Gasteiger partial charge on any atom is -0.380 e. The first kappa shape index (κ1) is 14.1. The molecule has 0 amide bonds. The number of nitrogens with zero attached hydrogens (tertiary/aromatic N) is 2. The van der Waals surface area contributed by atoms with E-state index >= 15 is 0 Å². The minimum absolute atomic E-state index is 0.163. The summed E-state index contributed by atoms with van der Waals surface area (Å²) in [6, 6.07) is 6.31. The predicted octanol–water partition coefficient (Wildman–Crippen LogP) is 2.68. The highest BCUT2D eigenvalue weighted by molar-refractivity contribution is 5.76. The van der Waals surface area contributed by atoms with Crippen molar-refractivity contribution >= 4 is 17.1 Å². The third-order valence-electron chi connectivity index (χ3n) is 4.53. The molecule has 2 saturated heterocycles. The van der Waals surface area contributed by atoms with Gasteiger partial charge in [-0.2, -0.15) is 0 Å². The number of para-hydroxylation sites is 1. The van der Waals surface area contributed by atoms with Gasteiger partial charge in [-0.3, -0.25) is 15.0 Å². The van der Waals surface area contributed by atoms with Gasteiger partial charge in [0.2, 0.25) is 0 Å². The van der Waals surface area contributed by atoms with E-state index in [1.54, 1.807) is 6.07 Å². The lowest BCUT2D eigenvalue weighted by Crippen LogP contribution is -2.33. The number of nitrogens with one attached hydrogen (secondary N) is 2. The monoisotopic (exact) mass is 290 g/mol. The van der Waals surface area contributed by atoms with E-state index in [1.807, 2.05) is 19.1 Å². The average molecular weight is 290 g/mol. The first-order valence-electron chi connectivity index (χ1n) is 7.72. The number of nitro benzene ring substituents is 1. The fraction of sp³-hybridized carbons (Fsp3) is 0.600. The second-order valence-electron chi connectivity index (χ2n) is 5.77. The van der Waals surface area contributed by atoms with Gasteiger partial charge < -0.3 is 10.6 Å². The van der Waals surface area contributed by atoms with Crippen LogP contribution in [0.15, 0.2) is 18.2 Å². The van der Waals surface area contributed by atoms with Crippen LogP contribution in [0.2, 0.25) is 0 Å². The van der Waals surface area contributed by atoms with Crippen molar-refractivity contribution in [2.45, 2.75) is 38.3 Å². The third-order valence-corrected chi connectivity index (χ3v) is 4.53. The molecule has 1 aromatic rings. The minimum atomic E-state index is -0.290. The summed E-state index contributed by atoms with van der Waals surface area (Å²) >= 11 is 0. The zero-order chi connectivity index (χ0) is 14.8. The van der Waals surface area contributed by atoms with Crippen molar-refractivity contribution in [3.05, 3.63) is 28.3 Å². The lowest BCUT2D eigenvalue weighted by Gasteiger charge is -2.22. The van der Waals surface area contributed by atoms with Crippen molar-refractivity contribution in [2.75, 3.05) is 30.3 Å². The zero-order valence-corrected chi connectivity index (χ0v) is 12.3. The van der Waals surface area contributed by atoms with Crippen LogP contribution in [0.25, 0.3) is 0 Å². The first-order valence-corrected chi connectivity index (χ1v) is 7.72. The van der Waals surface area contributed by atoms with Gasteiger partial charge in [-0.05, 0) is 44.9 Å². The standard InChI is InChI=1S/C15H22N4O2/c1-2-16-12-5-3-6-13(15(12)19(20)21)17-11-8-10-18-9-4-7-14(11)18/h3,5-6,11,14,16-17H,2,4,7-10H2,1H3. The largest absolute Gasteiger partial charge is 0.380 e. The Morgan fingerprint density at radius 2 is 2.14 bits per heavy atom. The summed E-state index contributed by atoms with van der Waals surface area (Å²) in [7, 11) is 0. The maximum absolute atomic E-state index is 11.4. The average Bonchev–Trinajstić information content (AvgIpc) is 3.04. The molecule has 0 radical (unpaired) electrons. The van der Waals surface area contributed by atoms with Gasteiger partial charge in [-0.1, -0.05) is 6.07 Å². The number of benzene rings is 1. The molecule has 2 heterocycles. The number of nitro groups is 1. The third kappa shape index (κ3) is 2.68. The number of hydrogen-bond donors (Lipinski definition) is 2. The Bertz CT molecular complexity index is 534. The normalized spacial score (nSPS) is 24.8. The molecule has 6 heteroatoms. The van der Waals surface area contributed by atoms with Crippen LogP contribution in [-0.4, -0.2) is 41.5 Å². The van der Waals surface area contributed by atoms with Gasteiger partial charge in [0.05, 0.1) is 4.92 Å². The van der Waals surface area contributed by atoms with E-state index in [0.29, 0.717) is 30.0 Å². The van der Waals surface area contributed by atoms with Crippen molar-refractivity contribution in [2.24, 2.45) is 0 Å². The molecule has 0 saturated carbocycles. The van der Waals surface area contributed by atoms with Crippen LogP contribution < -0.4 is 10.6 Å². The number of hydrogen-bond acceptors (Lipinski definition) is 5. The SMILES string of the molecule is CCNc1cccc(NC2CCN3CCCC23)c1[N+](=O)[O-]. The zero-order valence-electron chi connectivity index (χ0n) is 12.3. The van der Waals surface area contributed by atoms with Crippen molar-refractivity contribution in [1.29, 1.82) is 0 Å². The molecule has 3 rings (SSSR count). The van der Waals surface area contributed by atoms with Crippen LogP contribution in [0.5, 0.6) is 0 Å². The molecule has 6 nitrogen and oxygen atoms in total. The fourth-order valence-electron chi connectivity index (χ4n) is 3.64. The summed E-state index contributed by atoms with van der Waals surface area (Å²) in [6.07, 6.45) is 3.49.